The molecule has 29 heavy (non-hydrogen) atoms. The van der Waals surface area contributed by atoms with Crippen LogP contribution in [0.15, 0.2) is 90.5 Å². The number of carbonyl (C=O) groups excluding carboxylic acids is 2. The van der Waals surface area contributed by atoms with Crippen molar-refractivity contribution in [2.45, 2.75) is 26.3 Å². The molecule has 0 aliphatic carbocycles. The molecule has 3 heteroatoms. The van der Waals surface area contributed by atoms with E-state index in [0.29, 0.717) is 30.5 Å². The highest BCUT2D eigenvalue weighted by Crippen LogP contribution is 2.34. The van der Waals surface area contributed by atoms with Gasteiger partial charge in [0.05, 0.1) is 12.2 Å². The fourth-order valence-electron chi connectivity index (χ4n) is 3.84. The second kappa shape index (κ2) is 8.27. The van der Waals surface area contributed by atoms with Gasteiger partial charge in [-0.15, -0.1) is 0 Å². The minimum absolute atomic E-state index is 0.00696. The minimum Gasteiger partial charge on any atom is -0.307 e. The molecule has 1 amide bonds. The van der Waals surface area contributed by atoms with Gasteiger partial charge in [0.15, 0.2) is 5.78 Å². The third kappa shape index (κ3) is 3.90. The third-order valence-corrected chi connectivity index (χ3v) is 5.34. The van der Waals surface area contributed by atoms with Crippen molar-refractivity contribution >= 4 is 17.4 Å². The third-order valence-electron chi connectivity index (χ3n) is 5.34. The predicted octanol–water partition coefficient (Wildman–Crippen LogP) is 5.41. The first-order valence-electron chi connectivity index (χ1n) is 9.88. The summed E-state index contributed by atoms with van der Waals surface area (Å²) in [7, 11) is 0. The van der Waals surface area contributed by atoms with E-state index in [-0.39, 0.29) is 11.7 Å². The molecule has 0 atom stereocenters. The molecule has 0 saturated carbocycles. The van der Waals surface area contributed by atoms with E-state index in [1.54, 1.807) is 4.90 Å². The lowest BCUT2D eigenvalue weighted by atomic mass is 9.89. The van der Waals surface area contributed by atoms with E-state index in [1.165, 1.54) is 0 Å². The standard InChI is InChI=1S/C26H23NO2/c1-19-10-8-9-15-22(19)26(29)23-16-17-24(28)27(18-20-11-4-2-5-12-20)25(23)21-13-6-3-7-14-21/h2-15H,16-18H2,1H3. The van der Waals surface area contributed by atoms with Gasteiger partial charge in [0, 0.05) is 17.6 Å². The molecule has 0 spiro atoms. The molecule has 1 aliphatic heterocycles. The van der Waals surface area contributed by atoms with Crippen molar-refractivity contribution in [3.8, 4) is 0 Å². The summed E-state index contributed by atoms with van der Waals surface area (Å²) >= 11 is 0. The molecule has 1 aliphatic rings. The van der Waals surface area contributed by atoms with Crippen molar-refractivity contribution < 1.29 is 9.59 Å². The van der Waals surface area contributed by atoms with Gasteiger partial charge in [-0.05, 0) is 30.0 Å². The second-order valence-corrected chi connectivity index (χ2v) is 7.30. The lowest BCUT2D eigenvalue weighted by Gasteiger charge is -2.32. The van der Waals surface area contributed by atoms with Crippen LogP contribution >= 0.6 is 0 Å². The minimum atomic E-state index is 0.00696. The lowest BCUT2D eigenvalue weighted by molar-refractivity contribution is -0.128. The van der Waals surface area contributed by atoms with Gasteiger partial charge in [-0.1, -0.05) is 84.9 Å². The zero-order chi connectivity index (χ0) is 20.2. The van der Waals surface area contributed by atoms with Crippen LogP contribution in [0.2, 0.25) is 0 Å². The summed E-state index contributed by atoms with van der Waals surface area (Å²) in [5, 5.41) is 0. The molecule has 1 heterocycles. The average molecular weight is 381 g/mol. The van der Waals surface area contributed by atoms with Gasteiger partial charge in [0.25, 0.3) is 0 Å². The second-order valence-electron chi connectivity index (χ2n) is 7.30. The van der Waals surface area contributed by atoms with Crippen LogP contribution in [0.4, 0.5) is 0 Å². The number of amides is 1. The number of carbonyl (C=O) groups is 2. The van der Waals surface area contributed by atoms with Gasteiger partial charge in [-0.2, -0.15) is 0 Å². The smallest absolute Gasteiger partial charge is 0.227 e. The van der Waals surface area contributed by atoms with E-state index < -0.39 is 0 Å². The van der Waals surface area contributed by atoms with Crippen molar-refractivity contribution in [2.75, 3.05) is 0 Å². The molecule has 0 bridgehead atoms. The Kier molecular flexibility index (Phi) is 5.39. The Morgan fingerprint density at radius 1 is 0.828 bits per heavy atom. The summed E-state index contributed by atoms with van der Waals surface area (Å²) in [6.07, 6.45) is 0.803. The largest absolute Gasteiger partial charge is 0.307 e. The molecule has 0 radical (unpaired) electrons. The van der Waals surface area contributed by atoms with Crippen molar-refractivity contribution in [1.82, 2.24) is 4.90 Å². The number of allylic oxidation sites excluding steroid dienone is 1. The van der Waals surface area contributed by atoms with Crippen LogP contribution in [0.5, 0.6) is 0 Å². The quantitative estimate of drug-likeness (QED) is 0.554. The zero-order valence-corrected chi connectivity index (χ0v) is 16.5. The van der Waals surface area contributed by atoms with E-state index in [0.717, 1.165) is 22.4 Å². The summed E-state index contributed by atoms with van der Waals surface area (Å²) in [5.74, 6) is 0.0570. The van der Waals surface area contributed by atoms with Gasteiger partial charge in [-0.3, -0.25) is 9.59 Å². The fraction of sp³-hybridized carbons (Fsp3) is 0.154. The number of hydrogen-bond donors (Lipinski definition) is 0. The fourth-order valence-corrected chi connectivity index (χ4v) is 3.84. The summed E-state index contributed by atoms with van der Waals surface area (Å²) in [5.41, 5.74) is 5.03. The highest BCUT2D eigenvalue weighted by Gasteiger charge is 2.31. The van der Waals surface area contributed by atoms with Crippen LogP contribution in [-0.4, -0.2) is 16.6 Å². The highest BCUT2D eigenvalue weighted by atomic mass is 16.2. The maximum atomic E-state index is 13.5. The van der Waals surface area contributed by atoms with Crippen molar-refractivity contribution in [3.05, 3.63) is 113 Å². The van der Waals surface area contributed by atoms with Crippen LogP contribution in [0.1, 0.15) is 39.9 Å². The molecule has 0 saturated heterocycles. The number of Topliss-reactive ketones (excluding diaryl/α,β-unsaturated/α-hetero) is 1. The van der Waals surface area contributed by atoms with Gasteiger partial charge in [-0.25, -0.2) is 0 Å². The number of ketones is 1. The van der Waals surface area contributed by atoms with E-state index in [9.17, 15) is 9.59 Å². The van der Waals surface area contributed by atoms with Crippen molar-refractivity contribution in [1.29, 1.82) is 0 Å². The Morgan fingerprint density at radius 3 is 2.14 bits per heavy atom. The van der Waals surface area contributed by atoms with Crippen molar-refractivity contribution in [2.24, 2.45) is 0 Å². The molecule has 0 N–H and O–H groups in total. The number of nitrogens with zero attached hydrogens (tertiary/aromatic N) is 1. The molecular weight excluding hydrogens is 358 g/mol. The Morgan fingerprint density at radius 2 is 1.45 bits per heavy atom. The summed E-state index contributed by atoms with van der Waals surface area (Å²) in [6.45, 7) is 2.40. The van der Waals surface area contributed by atoms with Gasteiger partial charge >= 0.3 is 0 Å². The lowest BCUT2D eigenvalue weighted by Crippen LogP contribution is -2.34. The number of rotatable bonds is 5. The molecule has 0 unspecified atom stereocenters. The number of aryl methyl sites for hydroxylation is 1. The first kappa shape index (κ1) is 18.9. The van der Waals surface area contributed by atoms with E-state index in [4.69, 9.17) is 0 Å². The molecule has 4 rings (SSSR count). The molecule has 0 fully saturated rings. The molecular formula is C26H23NO2. The maximum absolute atomic E-state index is 13.5. The number of hydrogen-bond acceptors (Lipinski definition) is 2. The summed E-state index contributed by atoms with van der Waals surface area (Å²) < 4.78 is 0. The topological polar surface area (TPSA) is 37.4 Å². The van der Waals surface area contributed by atoms with Crippen LogP contribution in [-0.2, 0) is 11.3 Å². The molecule has 3 aromatic carbocycles. The molecule has 3 nitrogen and oxygen atoms in total. The van der Waals surface area contributed by atoms with Gasteiger partial charge < -0.3 is 4.90 Å². The predicted molar refractivity (Wildman–Crippen MR) is 115 cm³/mol. The Bertz CT molecular complexity index is 1070. The molecule has 144 valence electrons. The highest BCUT2D eigenvalue weighted by molar-refractivity contribution is 6.15. The van der Waals surface area contributed by atoms with Crippen LogP contribution in [0, 0.1) is 6.92 Å². The first-order valence-corrected chi connectivity index (χ1v) is 9.88. The Balaban J connectivity index is 1.86. The zero-order valence-electron chi connectivity index (χ0n) is 16.5. The summed E-state index contributed by atoms with van der Waals surface area (Å²) in [4.78, 5) is 28.2. The van der Waals surface area contributed by atoms with Crippen LogP contribution in [0.25, 0.3) is 5.70 Å². The van der Waals surface area contributed by atoms with Gasteiger partial charge in [0.2, 0.25) is 5.91 Å². The molecule has 3 aromatic rings. The number of benzene rings is 3. The van der Waals surface area contributed by atoms with Crippen LogP contribution in [0.3, 0.4) is 0 Å². The maximum Gasteiger partial charge on any atom is 0.227 e. The van der Waals surface area contributed by atoms with E-state index >= 15 is 0 Å². The normalized spacial score (nSPS) is 14.2. The first-order chi connectivity index (χ1) is 14.1. The monoisotopic (exact) mass is 381 g/mol. The molecule has 0 aromatic heterocycles. The SMILES string of the molecule is Cc1ccccc1C(=O)C1=C(c2ccccc2)N(Cc2ccccc2)C(=O)CC1. The average Bonchev–Trinajstić information content (AvgIpc) is 2.76. The van der Waals surface area contributed by atoms with Crippen LogP contribution < -0.4 is 0 Å². The Labute approximate surface area is 171 Å². The van der Waals surface area contributed by atoms with Gasteiger partial charge in [0.1, 0.15) is 0 Å². The summed E-state index contributed by atoms with van der Waals surface area (Å²) in [6, 6.07) is 27.3. The van der Waals surface area contributed by atoms with E-state index in [2.05, 4.69) is 0 Å². The Hall–Kier alpha value is -3.46. The van der Waals surface area contributed by atoms with E-state index in [1.807, 2.05) is 91.9 Å². The van der Waals surface area contributed by atoms with Crippen molar-refractivity contribution in [3.63, 3.8) is 0 Å².